The van der Waals surface area contributed by atoms with Crippen molar-refractivity contribution in [3.8, 4) is 0 Å². The van der Waals surface area contributed by atoms with Crippen LogP contribution < -0.4 is 0 Å². The summed E-state index contributed by atoms with van der Waals surface area (Å²) in [7, 11) is 0. The molecule has 0 bridgehead atoms. The lowest BCUT2D eigenvalue weighted by atomic mass is 9.66. The van der Waals surface area contributed by atoms with Gasteiger partial charge in [-0.2, -0.15) is 0 Å². The van der Waals surface area contributed by atoms with Crippen LogP contribution in [0.3, 0.4) is 0 Å². The number of nitrogens with zero attached hydrogens (tertiary/aromatic N) is 1. The first-order chi connectivity index (χ1) is 16.9. The third kappa shape index (κ3) is 6.40. The van der Waals surface area contributed by atoms with E-state index in [4.69, 9.17) is 23.8 Å². The quantitative estimate of drug-likeness (QED) is 0.368. The van der Waals surface area contributed by atoms with Gasteiger partial charge in [-0.15, -0.1) is 5.06 Å². The number of carbonyl (C=O) groups is 3. The lowest BCUT2D eigenvalue weighted by molar-refractivity contribution is -0.403. The number of carbonyl (C=O) groups excluding carboxylic acids is 3. The van der Waals surface area contributed by atoms with Gasteiger partial charge in [0.2, 0.25) is 0 Å². The highest BCUT2D eigenvalue weighted by atomic mass is 16.7. The number of hydrogen-bond acceptors (Lipinski definition) is 9. The van der Waals surface area contributed by atoms with Crippen LogP contribution in [0.5, 0.6) is 0 Å². The van der Waals surface area contributed by atoms with Crippen molar-refractivity contribution in [1.29, 1.82) is 0 Å². The average molecular weight is 514 g/mol. The standard InChI is InChI=1S/C27H47NO8/c1-9-15-25(8)20(5)27(16-24(7,10-2)28(25)36-21(6)29)34-18-26(11-3,19-35-27)17-33-23(31)14-13-22(30)32-12-4/h20H,9-19H2,1-8H3. The smallest absolute Gasteiger partial charge is 0.322 e. The molecule has 0 aliphatic carbocycles. The van der Waals surface area contributed by atoms with Gasteiger partial charge in [0.15, 0.2) is 5.79 Å². The van der Waals surface area contributed by atoms with E-state index in [0.717, 1.165) is 19.3 Å². The Hall–Kier alpha value is -1.71. The molecule has 1 spiro atoms. The van der Waals surface area contributed by atoms with Crippen molar-refractivity contribution in [2.24, 2.45) is 11.3 Å². The first-order valence-electron chi connectivity index (χ1n) is 13.4. The molecule has 0 amide bonds. The zero-order valence-electron chi connectivity index (χ0n) is 23.6. The summed E-state index contributed by atoms with van der Waals surface area (Å²) in [6.45, 7) is 16.9. The van der Waals surface area contributed by atoms with Gasteiger partial charge in [0.05, 0.1) is 49.2 Å². The number of hydrogen-bond donors (Lipinski definition) is 0. The van der Waals surface area contributed by atoms with E-state index in [1.165, 1.54) is 6.92 Å². The van der Waals surface area contributed by atoms with E-state index in [1.807, 2.05) is 12.0 Å². The highest BCUT2D eigenvalue weighted by Crippen LogP contribution is 2.54. The number of piperidine rings is 1. The largest absolute Gasteiger partial charge is 0.466 e. The topological polar surface area (TPSA) is 101 Å². The maximum absolute atomic E-state index is 12.2. The Morgan fingerprint density at radius 2 is 1.53 bits per heavy atom. The number of esters is 2. The van der Waals surface area contributed by atoms with Crippen LogP contribution in [-0.2, 0) is 38.2 Å². The minimum atomic E-state index is -0.849. The van der Waals surface area contributed by atoms with Gasteiger partial charge in [0.1, 0.15) is 6.61 Å². The Bertz CT molecular complexity index is 778. The molecule has 3 unspecified atom stereocenters. The molecule has 0 aromatic rings. The summed E-state index contributed by atoms with van der Waals surface area (Å²) in [6, 6.07) is 0. The fourth-order valence-corrected chi connectivity index (χ4v) is 5.58. The minimum Gasteiger partial charge on any atom is -0.466 e. The second kappa shape index (κ2) is 12.2. The summed E-state index contributed by atoms with van der Waals surface area (Å²) in [5.41, 5.74) is -1.44. The van der Waals surface area contributed by atoms with Crippen LogP contribution in [0.4, 0.5) is 0 Å². The molecule has 2 fully saturated rings. The van der Waals surface area contributed by atoms with Crippen molar-refractivity contribution < 1.29 is 38.2 Å². The van der Waals surface area contributed by atoms with Crippen LogP contribution in [0, 0.1) is 11.3 Å². The molecule has 208 valence electrons. The molecule has 2 heterocycles. The molecule has 0 N–H and O–H groups in total. The Labute approximate surface area is 216 Å². The van der Waals surface area contributed by atoms with Gasteiger partial charge in [0.25, 0.3) is 0 Å². The molecule has 9 heteroatoms. The zero-order chi connectivity index (χ0) is 27.2. The molecule has 3 atom stereocenters. The Balaban J connectivity index is 2.17. The van der Waals surface area contributed by atoms with Crippen molar-refractivity contribution in [1.82, 2.24) is 5.06 Å². The molecule has 0 saturated carbocycles. The van der Waals surface area contributed by atoms with Crippen LogP contribution in [0.2, 0.25) is 0 Å². The van der Waals surface area contributed by atoms with Gasteiger partial charge in [-0.1, -0.05) is 34.1 Å². The Kier molecular flexibility index (Phi) is 10.4. The SMILES string of the molecule is CCCC1(C)C(C)C2(CC(C)(CC)N1OC(C)=O)OCC(CC)(COC(=O)CCC(=O)OCC)CO2. The molecule has 36 heavy (non-hydrogen) atoms. The fourth-order valence-electron chi connectivity index (χ4n) is 5.58. The van der Waals surface area contributed by atoms with E-state index >= 15 is 0 Å². The monoisotopic (exact) mass is 513 g/mol. The lowest BCUT2D eigenvalue weighted by Crippen LogP contribution is -2.74. The number of ether oxygens (including phenoxy) is 4. The summed E-state index contributed by atoms with van der Waals surface area (Å²) in [6.07, 6.45) is 3.71. The highest BCUT2D eigenvalue weighted by Gasteiger charge is 2.64. The second-order valence-corrected chi connectivity index (χ2v) is 10.9. The summed E-state index contributed by atoms with van der Waals surface area (Å²) < 4.78 is 23.7. The van der Waals surface area contributed by atoms with Crippen LogP contribution in [0.25, 0.3) is 0 Å². The molecular formula is C27H47NO8. The summed E-state index contributed by atoms with van der Waals surface area (Å²) in [5.74, 6) is -2.12. The first-order valence-corrected chi connectivity index (χ1v) is 13.4. The number of rotatable bonds is 11. The van der Waals surface area contributed by atoms with E-state index < -0.39 is 34.2 Å². The maximum atomic E-state index is 12.2. The van der Waals surface area contributed by atoms with Gasteiger partial charge < -0.3 is 23.8 Å². The highest BCUT2D eigenvalue weighted by molar-refractivity contribution is 5.77. The Morgan fingerprint density at radius 1 is 0.944 bits per heavy atom. The first kappa shape index (κ1) is 30.5. The summed E-state index contributed by atoms with van der Waals surface area (Å²) >= 11 is 0. The van der Waals surface area contributed by atoms with Gasteiger partial charge in [-0.05, 0) is 40.0 Å². The zero-order valence-corrected chi connectivity index (χ0v) is 23.6. The summed E-state index contributed by atoms with van der Waals surface area (Å²) in [4.78, 5) is 41.7. The van der Waals surface area contributed by atoms with E-state index in [2.05, 4.69) is 34.6 Å². The molecule has 9 nitrogen and oxygen atoms in total. The molecule has 2 aliphatic rings. The third-order valence-electron chi connectivity index (χ3n) is 8.28. The Morgan fingerprint density at radius 3 is 2.00 bits per heavy atom. The average Bonchev–Trinajstić information content (AvgIpc) is 2.84. The van der Waals surface area contributed by atoms with Crippen molar-refractivity contribution in [2.75, 3.05) is 26.4 Å². The molecular weight excluding hydrogens is 466 g/mol. The molecule has 0 aromatic heterocycles. The summed E-state index contributed by atoms with van der Waals surface area (Å²) in [5, 5.41) is 1.90. The van der Waals surface area contributed by atoms with Crippen LogP contribution in [-0.4, -0.2) is 66.3 Å². The van der Waals surface area contributed by atoms with Crippen LogP contribution >= 0.6 is 0 Å². The number of hydroxylamine groups is 2. The molecule has 2 aliphatic heterocycles. The van der Waals surface area contributed by atoms with Gasteiger partial charge in [-0.25, -0.2) is 0 Å². The van der Waals surface area contributed by atoms with Crippen molar-refractivity contribution >= 4 is 17.9 Å². The van der Waals surface area contributed by atoms with E-state index in [-0.39, 0.29) is 37.9 Å². The van der Waals surface area contributed by atoms with Crippen LogP contribution in [0.1, 0.15) is 100 Å². The van der Waals surface area contributed by atoms with Crippen molar-refractivity contribution in [2.45, 2.75) is 117 Å². The normalized spacial score (nSPS) is 34.8. The predicted molar refractivity (Wildman–Crippen MR) is 134 cm³/mol. The van der Waals surface area contributed by atoms with Crippen LogP contribution in [0.15, 0.2) is 0 Å². The van der Waals surface area contributed by atoms with E-state index in [9.17, 15) is 14.4 Å². The van der Waals surface area contributed by atoms with Crippen molar-refractivity contribution in [3.63, 3.8) is 0 Å². The molecule has 0 radical (unpaired) electrons. The molecule has 2 saturated heterocycles. The van der Waals surface area contributed by atoms with E-state index in [1.54, 1.807) is 6.92 Å². The van der Waals surface area contributed by atoms with Crippen molar-refractivity contribution in [3.05, 3.63) is 0 Å². The lowest BCUT2D eigenvalue weighted by Gasteiger charge is -2.63. The maximum Gasteiger partial charge on any atom is 0.322 e. The third-order valence-corrected chi connectivity index (χ3v) is 8.28. The second-order valence-electron chi connectivity index (χ2n) is 10.9. The molecule has 2 rings (SSSR count). The minimum absolute atomic E-state index is 0.00384. The predicted octanol–water partition coefficient (Wildman–Crippen LogP) is 4.56. The van der Waals surface area contributed by atoms with Gasteiger partial charge in [0, 0.05) is 19.3 Å². The van der Waals surface area contributed by atoms with E-state index in [0.29, 0.717) is 26.1 Å². The van der Waals surface area contributed by atoms with Gasteiger partial charge in [-0.3, -0.25) is 14.4 Å². The fraction of sp³-hybridized carbons (Fsp3) is 0.889. The van der Waals surface area contributed by atoms with Gasteiger partial charge >= 0.3 is 17.9 Å². The molecule has 0 aromatic carbocycles.